The van der Waals surface area contributed by atoms with E-state index in [1.807, 2.05) is 0 Å². The van der Waals surface area contributed by atoms with Gasteiger partial charge in [0.1, 0.15) is 0 Å². The van der Waals surface area contributed by atoms with Crippen molar-refractivity contribution in [2.45, 2.75) is 52.4 Å². The first-order valence-corrected chi connectivity index (χ1v) is 7.11. The van der Waals surface area contributed by atoms with E-state index in [1.54, 1.807) is 11.1 Å². The zero-order valence-electron chi connectivity index (χ0n) is 11.4. The quantitative estimate of drug-likeness (QED) is 0.708. The number of aromatic nitrogens is 1. The van der Waals surface area contributed by atoms with Crippen molar-refractivity contribution >= 4 is 11.1 Å². The number of hydrogen-bond acceptors (Lipinski definition) is 1. The monoisotopic (exact) mass is 239 g/mol. The van der Waals surface area contributed by atoms with Gasteiger partial charge in [-0.05, 0) is 75.7 Å². The van der Waals surface area contributed by atoms with Crippen LogP contribution in [0.1, 0.15) is 63.8 Å². The number of hydrogen-bond donors (Lipinski definition) is 0. The summed E-state index contributed by atoms with van der Waals surface area (Å²) in [6.45, 7) is 4.46. The van der Waals surface area contributed by atoms with Gasteiger partial charge in [-0.15, -0.1) is 0 Å². The molecular formula is C17H21N. The largest absolute Gasteiger partial charge is 0.249 e. The first kappa shape index (κ1) is 11.7. The summed E-state index contributed by atoms with van der Waals surface area (Å²) in [5.41, 5.74) is 8.40. The standard InChI is InChI=1S/C17H21N/c1-12(14-6-3-7-14)16-10-5-11-17(18-16)13(2)15-8-4-9-15/h5,10-11H,3-4,6-9H2,1-2H3. The maximum atomic E-state index is 4.86. The molecule has 0 radical (unpaired) electrons. The van der Waals surface area contributed by atoms with Crippen molar-refractivity contribution in [1.29, 1.82) is 0 Å². The minimum atomic E-state index is 1.18. The van der Waals surface area contributed by atoms with Crippen LogP contribution in [0.2, 0.25) is 0 Å². The molecule has 0 saturated heterocycles. The average molecular weight is 239 g/mol. The van der Waals surface area contributed by atoms with Crippen molar-refractivity contribution in [1.82, 2.24) is 4.98 Å². The molecule has 2 aliphatic carbocycles. The van der Waals surface area contributed by atoms with Gasteiger partial charge < -0.3 is 0 Å². The van der Waals surface area contributed by atoms with Crippen molar-refractivity contribution < 1.29 is 0 Å². The van der Waals surface area contributed by atoms with Crippen molar-refractivity contribution in [2.75, 3.05) is 0 Å². The van der Waals surface area contributed by atoms with Crippen molar-refractivity contribution in [2.24, 2.45) is 0 Å². The topological polar surface area (TPSA) is 12.9 Å². The molecule has 18 heavy (non-hydrogen) atoms. The summed E-state index contributed by atoms with van der Waals surface area (Å²) in [6, 6.07) is 6.47. The van der Waals surface area contributed by atoms with Gasteiger partial charge in [-0.3, -0.25) is 0 Å². The third-order valence-corrected chi connectivity index (χ3v) is 4.49. The van der Waals surface area contributed by atoms with Crippen LogP contribution in [0, 0.1) is 0 Å². The van der Waals surface area contributed by atoms with Gasteiger partial charge in [0, 0.05) is 0 Å². The summed E-state index contributed by atoms with van der Waals surface area (Å²) in [5.74, 6) is 0. The molecule has 2 saturated carbocycles. The maximum Gasteiger partial charge on any atom is 0.0665 e. The third-order valence-electron chi connectivity index (χ3n) is 4.49. The first-order chi connectivity index (χ1) is 8.75. The lowest BCUT2D eigenvalue weighted by Gasteiger charge is -2.21. The highest BCUT2D eigenvalue weighted by Gasteiger charge is 2.16. The Kier molecular flexibility index (Phi) is 3.07. The van der Waals surface area contributed by atoms with Crippen LogP contribution in [0.15, 0.2) is 29.3 Å². The Morgan fingerprint density at radius 1 is 0.833 bits per heavy atom. The lowest BCUT2D eigenvalue weighted by Crippen LogP contribution is -2.04. The Balaban J connectivity index is 1.94. The Morgan fingerprint density at radius 2 is 1.28 bits per heavy atom. The van der Waals surface area contributed by atoms with E-state index in [1.165, 1.54) is 61.1 Å². The molecule has 0 atom stereocenters. The zero-order chi connectivity index (χ0) is 12.5. The molecule has 0 N–H and O–H groups in total. The molecule has 1 heteroatoms. The van der Waals surface area contributed by atoms with Gasteiger partial charge in [-0.2, -0.15) is 0 Å². The first-order valence-electron chi connectivity index (χ1n) is 7.11. The van der Waals surface area contributed by atoms with E-state index in [0.717, 1.165) is 0 Å². The molecule has 0 bridgehead atoms. The molecule has 1 aromatic rings. The molecule has 3 rings (SSSR count). The van der Waals surface area contributed by atoms with E-state index >= 15 is 0 Å². The fourth-order valence-corrected chi connectivity index (χ4v) is 2.67. The highest BCUT2D eigenvalue weighted by molar-refractivity contribution is 5.69. The van der Waals surface area contributed by atoms with Crippen molar-refractivity contribution in [3.8, 4) is 0 Å². The number of nitrogens with zero attached hydrogens (tertiary/aromatic N) is 1. The van der Waals surface area contributed by atoms with Crippen LogP contribution in [-0.2, 0) is 0 Å². The second kappa shape index (κ2) is 4.72. The number of rotatable bonds is 2. The van der Waals surface area contributed by atoms with Crippen LogP contribution in [0.3, 0.4) is 0 Å². The summed E-state index contributed by atoms with van der Waals surface area (Å²) < 4.78 is 0. The van der Waals surface area contributed by atoms with E-state index in [2.05, 4.69) is 32.0 Å². The second-order valence-electron chi connectivity index (χ2n) is 5.57. The minimum absolute atomic E-state index is 1.18. The molecule has 2 aliphatic rings. The van der Waals surface area contributed by atoms with E-state index in [-0.39, 0.29) is 0 Å². The van der Waals surface area contributed by atoms with Gasteiger partial charge in [0.05, 0.1) is 11.4 Å². The summed E-state index contributed by atoms with van der Waals surface area (Å²) >= 11 is 0. The fraction of sp³-hybridized carbons (Fsp3) is 0.471. The Hall–Kier alpha value is -1.37. The molecule has 2 fully saturated rings. The molecule has 1 heterocycles. The molecule has 0 aromatic carbocycles. The van der Waals surface area contributed by atoms with Crippen LogP contribution >= 0.6 is 0 Å². The normalized spacial score (nSPS) is 18.1. The molecule has 1 aromatic heterocycles. The smallest absolute Gasteiger partial charge is 0.0665 e. The van der Waals surface area contributed by atoms with Gasteiger partial charge in [0.15, 0.2) is 0 Å². The fourth-order valence-electron chi connectivity index (χ4n) is 2.67. The highest BCUT2D eigenvalue weighted by atomic mass is 14.7. The van der Waals surface area contributed by atoms with E-state index < -0.39 is 0 Å². The Bertz CT molecular complexity index is 477. The highest BCUT2D eigenvalue weighted by Crippen LogP contribution is 2.35. The predicted octanol–water partition coefficient (Wildman–Crippen LogP) is 5.00. The van der Waals surface area contributed by atoms with Crippen molar-refractivity contribution in [3.05, 3.63) is 40.7 Å². The second-order valence-corrected chi connectivity index (χ2v) is 5.57. The number of allylic oxidation sites excluding steroid dienone is 4. The molecule has 0 unspecified atom stereocenters. The average Bonchev–Trinajstić information content (AvgIpc) is 2.24. The molecule has 0 amide bonds. The number of pyridine rings is 1. The van der Waals surface area contributed by atoms with E-state index in [0.29, 0.717) is 0 Å². The molecule has 0 aliphatic heterocycles. The lowest BCUT2D eigenvalue weighted by molar-refractivity contribution is 0.663. The molecule has 0 spiro atoms. The molecular weight excluding hydrogens is 218 g/mol. The Labute approximate surface area is 110 Å². The lowest BCUT2D eigenvalue weighted by atomic mass is 9.86. The van der Waals surface area contributed by atoms with Gasteiger partial charge in [-0.1, -0.05) is 17.2 Å². The summed E-state index contributed by atoms with van der Waals surface area (Å²) in [5, 5.41) is 0. The van der Waals surface area contributed by atoms with E-state index in [4.69, 9.17) is 4.98 Å². The molecule has 1 nitrogen and oxygen atoms in total. The summed E-state index contributed by atoms with van der Waals surface area (Å²) in [7, 11) is 0. The van der Waals surface area contributed by atoms with Gasteiger partial charge >= 0.3 is 0 Å². The van der Waals surface area contributed by atoms with Crippen LogP contribution in [0.5, 0.6) is 0 Å². The van der Waals surface area contributed by atoms with Crippen LogP contribution in [-0.4, -0.2) is 4.98 Å². The van der Waals surface area contributed by atoms with Crippen LogP contribution < -0.4 is 0 Å². The van der Waals surface area contributed by atoms with Crippen LogP contribution in [0.4, 0.5) is 0 Å². The third kappa shape index (κ3) is 2.03. The van der Waals surface area contributed by atoms with Gasteiger partial charge in [-0.25, -0.2) is 4.98 Å². The summed E-state index contributed by atoms with van der Waals surface area (Å²) in [6.07, 6.45) is 7.82. The Morgan fingerprint density at radius 3 is 1.61 bits per heavy atom. The minimum Gasteiger partial charge on any atom is -0.249 e. The van der Waals surface area contributed by atoms with Crippen LogP contribution in [0.25, 0.3) is 11.1 Å². The molecule has 94 valence electrons. The van der Waals surface area contributed by atoms with Gasteiger partial charge in [0.25, 0.3) is 0 Å². The maximum absolute atomic E-state index is 4.86. The zero-order valence-corrected chi connectivity index (χ0v) is 11.4. The van der Waals surface area contributed by atoms with Gasteiger partial charge in [0.2, 0.25) is 0 Å². The SMILES string of the molecule is CC(=C1CCC1)c1cccc(C(C)=C2CCC2)n1. The predicted molar refractivity (Wildman–Crippen MR) is 77.1 cm³/mol. The van der Waals surface area contributed by atoms with E-state index in [9.17, 15) is 0 Å². The summed E-state index contributed by atoms with van der Waals surface area (Å²) in [4.78, 5) is 4.86. The van der Waals surface area contributed by atoms with Crippen molar-refractivity contribution in [3.63, 3.8) is 0 Å².